The Bertz CT molecular complexity index is 382. The number of primary amides is 1. The van der Waals surface area contributed by atoms with Crippen molar-refractivity contribution in [1.82, 2.24) is 15.5 Å². The molecule has 0 spiro atoms. The molecule has 0 aromatic carbocycles. The zero-order valence-electron chi connectivity index (χ0n) is 10.6. The lowest BCUT2D eigenvalue weighted by Gasteiger charge is -2.18. The summed E-state index contributed by atoms with van der Waals surface area (Å²) in [5.41, 5.74) is 5.08. The number of nitrogens with zero attached hydrogens (tertiary/aromatic N) is 2. The molecule has 0 saturated carbocycles. The van der Waals surface area contributed by atoms with Crippen LogP contribution in [-0.2, 0) is 11.3 Å². The van der Waals surface area contributed by atoms with Crippen molar-refractivity contribution in [3.05, 3.63) is 5.89 Å². The molecule has 0 radical (unpaired) electrons. The predicted molar refractivity (Wildman–Crippen MR) is 63.2 cm³/mol. The van der Waals surface area contributed by atoms with E-state index in [0.717, 1.165) is 0 Å². The SMILES string of the molecule is CC(Nc1nnc(CNC(C)(C)C)o1)C(N)=O. The van der Waals surface area contributed by atoms with Crippen LogP contribution in [-0.4, -0.2) is 27.7 Å². The quantitative estimate of drug-likeness (QED) is 0.682. The van der Waals surface area contributed by atoms with Gasteiger partial charge < -0.3 is 20.8 Å². The molecule has 4 N–H and O–H groups in total. The van der Waals surface area contributed by atoms with Gasteiger partial charge in [-0.05, 0) is 27.7 Å². The maximum Gasteiger partial charge on any atom is 0.316 e. The molecule has 1 heterocycles. The number of nitrogens with two attached hydrogens (primary N) is 1. The highest BCUT2D eigenvalue weighted by Crippen LogP contribution is 2.08. The third-order valence-electron chi connectivity index (χ3n) is 2.00. The summed E-state index contributed by atoms with van der Waals surface area (Å²) in [7, 11) is 0. The van der Waals surface area contributed by atoms with Crippen LogP contribution in [0.3, 0.4) is 0 Å². The Hall–Kier alpha value is -1.63. The molecule has 0 aliphatic carbocycles. The molecule has 17 heavy (non-hydrogen) atoms. The van der Waals surface area contributed by atoms with Crippen LogP contribution in [0.4, 0.5) is 6.01 Å². The molecule has 96 valence electrons. The smallest absolute Gasteiger partial charge is 0.316 e. The lowest BCUT2D eigenvalue weighted by molar-refractivity contribution is -0.118. The summed E-state index contributed by atoms with van der Waals surface area (Å²) in [6.45, 7) is 8.22. The molecule has 1 atom stereocenters. The van der Waals surface area contributed by atoms with Crippen molar-refractivity contribution in [1.29, 1.82) is 0 Å². The Balaban J connectivity index is 2.51. The minimum atomic E-state index is -0.543. The van der Waals surface area contributed by atoms with Gasteiger partial charge in [-0.25, -0.2) is 0 Å². The summed E-state index contributed by atoms with van der Waals surface area (Å²) >= 11 is 0. The Labute approximate surface area is 100 Å². The van der Waals surface area contributed by atoms with Crippen LogP contribution in [0.1, 0.15) is 33.6 Å². The number of anilines is 1. The van der Waals surface area contributed by atoms with Crippen molar-refractivity contribution >= 4 is 11.9 Å². The minimum Gasteiger partial charge on any atom is -0.407 e. The lowest BCUT2D eigenvalue weighted by Crippen LogP contribution is -2.35. The van der Waals surface area contributed by atoms with Gasteiger partial charge in [0, 0.05) is 5.54 Å². The van der Waals surface area contributed by atoms with Gasteiger partial charge in [0.15, 0.2) is 0 Å². The van der Waals surface area contributed by atoms with E-state index in [2.05, 4.69) is 20.8 Å². The number of hydrogen-bond acceptors (Lipinski definition) is 6. The van der Waals surface area contributed by atoms with Gasteiger partial charge in [-0.2, -0.15) is 0 Å². The molecule has 1 aromatic heterocycles. The van der Waals surface area contributed by atoms with Crippen molar-refractivity contribution in [3.63, 3.8) is 0 Å². The summed E-state index contributed by atoms with van der Waals surface area (Å²) in [5, 5.41) is 13.5. The van der Waals surface area contributed by atoms with Gasteiger partial charge >= 0.3 is 6.01 Å². The zero-order chi connectivity index (χ0) is 13.1. The predicted octanol–water partition coefficient (Wildman–Crippen LogP) is 0.243. The van der Waals surface area contributed by atoms with Crippen molar-refractivity contribution in [2.45, 2.75) is 45.8 Å². The fourth-order valence-electron chi connectivity index (χ4n) is 0.980. The Morgan fingerprint density at radius 1 is 1.47 bits per heavy atom. The molecular weight excluding hydrogens is 222 g/mol. The fraction of sp³-hybridized carbons (Fsp3) is 0.700. The molecule has 0 bridgehead atoms. The number of amides is 1. The van der Waals surface area contributed by atoms with E-state index in [4.69, 9.17) is 10.2 Å². The largest absolute Gasteiger partial charge is 0.407 e. The van der Waals surface area contributed by atoms with Gasteiger partial charge in [-0.3, -0.25) is 4.79 Å². The Morgan fingerprint density at radius 3 is 2.65 bits per heavy atom. The summed E-state index contributed by atoms with van der Waals surface area (Å²) in [6, 6.07) is -0.346. The van der Waals surface area contributed by atoms with Crippen molar-refractivity contribution < 1.29 is 9.21 Å². The van der Waals surface area contributed by atoms with E-state index in [1.54, 1.807) is 6.92 Å². The van der Waals surface area contributed by atoms with Crippen molar-refractivity contribution in [2.75, 3.05) is 5.32 Å². The molecule has 0 saturated heterocycles. The molecule has 1 amide bonds. The molecule has 7 nitrogen and oxygen atoms in total. The van der Waals surface area contributed by atoms with Crippen molar-refractivity contribution in [2.24, 2.45) is 5.73 Å². The zero-order valence-corrected chi connectivity index (χ0v) is 10.6. The average molecular weight is 241 g/mol. The first-order chi connectivity index (χ1) is 7.78. The number of carbonyl (C=O) groups is 1. The lowest BCUT2D eigenvalue weighted by atomic mass is 10.1. The monoisotopic (exact) mass is 241 g/mol. The van der Waals surface area contributed by atoms with Crippen LogP contribution in [0.2, 0.25) is 0 Å². The topological polar surface area (TPSA) is 106 Å². The summed E-state index contributed by atoms with van der Waals surface area (Å²) in [6.07, 6.45) is 0. The van der Waals surface area contributed by atoms with Crippen LogP contribution in [0, 0.1) is 0 Å². The third kappa shape index (κ3) is 4.81. The highest BCUT2D eigenvalue weighted by molar-refractivity contribution is 5.81. The molecule has 7 heteroatoms. The van der Waals surface area contributed by atoms with Crippen LogP contribution >= 0.6 is 0 Å². The second-order valence-electron chi connectivity index (χ2n) is 4.87. The highest BCUT2D eigenvalue weighted by atomic mass is 16.4. The Morgan fingerprint density at radius 2 is 2.12 bits per heavy atom. The number of aromatic nitrogens is 2. The van der Waals surface area contributed by atoms with Gasteiger partial charge in [-0.1, -0.05) is 5.10 Å². The molecule has 0 aliphatic heterocycles. The first-order valence-electron chi connectivity index (χ1n) is 5.41. The van der Waals surface area contributed by atoms with E-state index in [9.17, 15) is 4.79 Å². The molecule has 1 aromatic rings. The van der Waals surface area contributed by atoms with E-state index in [1.807, 2.05) is 20.8 Å². The number of hydrogen-bond donors (Lipinski definition) is 3. The third-order valence-corrected chi connectivity index (χ3v) is 2.00. The van der Waals surface area contributed by atoms with Gasteiger partial charge in [0.2, 0.25) is 11.8 Å². The van der Waals surface area contributed by atoms with Gasteiger partial charge in [0.05, 0.1) is 6.54 Å². The number of rotatable bonds is 5. The van der Waals surface area contributed by atoms with E-state index in [1.165, 1.54) is 0 Å². The maximum absolute atomic E-state index is 10.8. The standard InChI is InChI=1S/C10H19N5O2/c1-6(8(11)16)13-9-15-14-7(17-9)5-12-10(2,3)4/h6,12H,5H2,1-4H3,(H2,11,16)(H,13,15). The van der Waals surface area contributed by atoms with Crippen LogP contribution in [0.15, 0.2) is 4.42 Å². The first kappa shape index (κ1) is 13.4. The molecular formula is C10H19N5O2. The van der Waals surface area contributed by atoms with Gasteiger partial charge in [0.1, 0.15) is 6.04 Å². The normalized spacial score (nSPS) is 13.4. The molecule has 0 aliphatic rings. The van der Waals surface area contributed by atoms with E-state index in [-0.39, 0.29) is 11.6 Å². The average Bonchev–Trinajstić information content (AvgIpc) is 2.61. The van der Waals surface area contributed by atoms with E-state index >= 15 is 0 Å². The molecule has 1 unspecified atom stereocenters. The number of nitrogens with one attached hydrogen (secondary N) is 2. The van der Waals surface area contributed by atoms with Crippen molar-refractivity contribution in [3.8, 4) is 0 Å². The number of carbonyl (C=O) groups excluding carboxylic acids is 1. The fourth-order valence-corrected chi connectivity index (χ4v) is 0.980. The highest BCUT2D eigenvalue weighted by Gasteiger charge is 2.14. The summed E-state index contributed by atoms with van der Waals surface area (Å²) in [4.78, 5) is 10.8. The molecule has 0 fully saturated rings. The second kappa shape index (κ2) is 5.13. The molecule has 1 rings (SSSR count). The second-order valence-corrected chi connectivity index (χ2v) is 4.87. The van der Waals surface area contributed by atoms with Gasteiger partial charge in [-0.15, -0.1) is 5.10 Å². The first-order valence-corrected chi connectivity index (χ1v) is 5.41. The summed E-state index contributed by atoms with van der Waals surface area (Å²) < 4.78 is 5.30. The van der Waals surface area contributed by atoms with Crippen LogP contribution in [0.25, 0.3) is 0 Å². The van der Waals surface area contributed by atoms with Crippen LogP contribution < -0.4 is 16.4 Å². The maximum atomic E-state index is 10.8. The van der Waals surface area contributed by atoms with E-state index in [0.29, 0.717) is 12.4 Å². The van der Waals surface area contributed by atoms with E-state index < -0.39 is 11.9 Å². The van der Waals surface area contributed by atoms with Crippen LogP contribution in [0.5, 0.6) is 0 Å². The Kier molecular flexibility index (Phi) is 4.06. The minimum absolute atomic E-state index is 0.0252. The van der Waals surface area contributed by atoms with Gasteiger partial charge in [0.25, 0.3) is 0 Å². The summed E-state index contributed by atoms with van der Waals surface area (Å²) in [5.74, 6) is -0.0170.